The zero-order valence-electron chi connectivity index (χ0n) is 20.4. The first-order valence-electron chi connectivity index (χ1n) is 11.4. The van der Waals surface area contributed by atoms with E-state index in [0.717, 1.165) is 11.1 Å². The molecule has 12 heteroatoms. The summed E-state index contributed by atoms with van der Waals surface area (Å²) in [5.74, 6) is 0.324. The number of aryl methyl sites for hydroxylation is 1. The minimum atomic E-state index is -0.636. The Bertz CT molecular complexity index is 1540. The maximum atomic E-state index is 12.4. The molecule has 3 N–H and O–H groups in total. The molecular weight excluding hydrogens is 524 g/mol. The number of urea groups is 1. The van der Waals surface area contributed by atoms with Crippen LogP contribution in [0.15, 0.2) is 90.2 Å². The molecule has 0 bridgehead atoms. The highest BCUT2D eigenvalue weighted by Gasteiger charge is 2.14. The molecule has 0 aliphatic heterocycles. The fourth-order valence-corrected chi connectivity index (χ4v) is 3.43. The van der Waals surface area contributed by atoms with Crippen molar-refractivity contribution < 1.29 is 19.2 Å². The van der Waals surface area contributed by atoms with E-state index < -0.39 is 16.9 Å². The molecule has 196 valence electrons. The van der Waals surface area contributed by atoms with Gasteiger partial charge in [-0.3, -0.25) is 19.9 Å². The Morgan fingerprint density at radius 2 is 1.64 bits per heavy atom. The van der Waals surface area contributed by atoms with E-state index in [4.69, 9.17) is 16.3 Å². The minimum Gasteiger partial charge on any atom is -0.457 e. The topological polar surface area (TPSA) is 148 Å². The Morgan fingerprint density at radius 3 is 2.36 bits per heavy atom. The SMILES string of the molecule is Cc1ccc(C=NNC(=O)c2cc(Oc3ccc(NC(=O)Nc4ccc(Cl)c([N+](=O)[O-])c4)cc3)ccn2)cc1. The van der Waals surface area contributed by atoms with Crippen molar-refractivity contribution in [2.45, 2.75) is 6.92 Å². The molecule has 0 aliphatic carbocycles. The predicted octanol–water partition coefficient (Wildman–Crippen LogP) is 6.15. The summed E-state index contributed by atoms with van der Waals surface area (Å²) in [4.78, 5) is 39.1. The third kappa shape index (κ3) is 7.60. The molecule has 0 fully saturated rings. The number of aromatic nitrogens is 1. The summed E-state index contributed by atoms with van der Waals surface area (Å²) < 4.78 is 5.79. The zero-order valence-corrected chi connectivity index (χ0v) is 21.2. The highest BCUT2D eigenvalue weighted by atomic mass is 35.5. The van der Waals surface area contributed by atoms with Gasteiger partial charge in [-0.05, 0) is 55.0 Å². The molecule has 0 unspecified atom stereocenters. The Labute approximate surface area is 227 Å². The lowest BCUT2D eigenvalue weighted by molar-refractivity contribution is -0.384. The smallest absolute Gasteiger partial charge is 0.323 e. The highest BCUT2D eigenvalue weighted by molar-refractivity contribution is 6.32. The van der Waals surface area contributed by atoms with Gasteiger partial charge in [-0.1, -0.05) is 41.4 Å². The molecule has 0 saturated carbocycles. The van der Waals surface area contributed by atoms with Crippen molar-refractivity contribution in [2.24, 2.45) is 5.10 Å². The molecule has 0 saturated heterocycles. The lowest BCUT2D eigenvalue weighted by Crippen LogP contribution is -2.19. The van der Waals surface area contributed by atoms with E-state index in [1.54, 1.807) is 30.3 Å². The number of benzene rings is 3. The van der Waals surface area contributed by atoms with Crippen LogP contribution in [0.25, 0.3) is 0 Å². The normalized spacial score (nSPS) is 10.6. The summed E-state index contributed by atoms with van der Waals surface area (Å²) in [6, 6.07) is 20.5. The third-order valence-corrected chi connectivity index (χ3v) is 5.49. The Balaban J connectivity index is 1.32. The number of carbonyl (C=O) groups is 2. The van der Waals surface area contributed by atoms with Crippen molar-refractivity contribution in [1.29, 1.82) is 0 Å². The van der Waals surface area contributed by atoms with Gasteiger partial charge in [-0.15, -0.1) is 0 Å². The first-order valence-corrected chi connectivity index (χ1v) is 11.8. The van der Waals surface area contributed by atoms with E-state index in [9.17, 15) is 19.7 Å². The number of ether oxygens (including phenoxy) is 1. The van der Waals surface area contributed by atoms with Gasteiger partial charge < -0.3 is 15.4 Å². The van der Waals surface area contributed by atoms with Gasteiger partial charge in [-0.25, -0.2) is 10.2 Å². The second kappa shape index (κ2) is 12.3. The van der Waals surface area contributed by atoms with E-state index in [2.05, 4.69) is 26.1 Å². The number of nitrogens with zero attached hydrogens (tertiary/aromatic N) is 3. The van der Waals surface area contributed by atoms with Gasteiger partial charge in [0.15, 0.2) is 0 Å². The number of hydrazone groups is 1. The van der Waals surface area contributed by atoms with Gasteiger partial charge in [0.1, 0.15) is 22.2 Å². The van der Waals surface area contributed by atoms with Gasteiger partial charge in [0.25, 0.3) is 11.6 Å². The number of carbonyl (C=O) groups excluding carboxylic acids is 2. The number of nitro benzene ring substituents is 1. The second-order valence-electron chi connectivity index (χ2n) is 8.12. The van der Waals surface area contributed by atoms with E-state index in [-0.39, 0.29) is 22.1 Å². The maximum Gasteiger partial charge on any atom is 0.323 e. The summed E-state index contributed by atoms with van der Waals surface area (Å²) in [5.41, 5.74) is 4.86. The number of nitro groups is 1. The lowest BCUT2D eigenvalue weighted by Gasteiger charge is -2.10. The quantitative estimate of drug-likeness (QED) is 0.138. The lowest BCUT2D eigenvalue weighted by atomic mass is 10.2. The fraction of sp³-hybridized carbons (Fsp3) is 0.0370. The van der Waals surface area contributed by atoms with Crippen molar-refractivity contribution in [2.75, 3.05) is 10.6 Å². The molecule has 1 heterocycles. The van der Waals surface area contributed by atoms with Gasteiger partial charge in [0, 0.05) is 29.7 Å². The Hall–Kier alpha value is -5.29. The number of amides is 3. The van der Waals surface area contributed by atoms with Crippen LogP contribution in [0.2, 0.25) is 5.02 Å². The van der Waals surface area contributed by atoms with Crippen LogP contribution >= 0.6 is 11.6 Å². The van der Waals surface area contributed by atoms with Crippen LogP contribution in [-0.2, 0) is 0 Å². The van der Waals surface area contributed by atoms with E-state index in [0.29, 0.717) is 17.2 Å². The molecule has 1 aromatic heterocycles. The molecule has 0 aliphatic rings. The Kier molecular flexibility index (Phi) is 8.44. The van der Waals surface area contributed by atoms with Gasteiger partial charge >= 0.3 is 6.03 Å². The molecule has 11 nitrogen and oxygen atoms in total. The number of hydrogen-bond donors (Lipinski definition) is 3. The minimum absolute atomic E-state index is 0.0323. The highest BCUT2D eigenvalue weighted by Crippen LogP contribution is 2.28. The van der Waals surface area contributed by atoms with Crippen molar-refractivity contribution >= 4 is 46.8 Å². The van der Waals surface area contributed by atoms with Crippen LogP contribution in [-0.4, -0.2) is 28.1 Å². The van der Waals surface area contributed by atoms with Gasteiger partial charge in [0.2, 0.25) is 0 Å². The molecule has 3 aromatic carbocycles. The number of pyridine rings is 1. The summed E-state index contributed by atoms with van der Waals surface area (Å²) in [6.45, 7) is 1.98. The molecular formula is C27H21ClN6O5. The van der Waals surface area contributed by atoms with E-state index in [1.165, 1.54) is 36.7 Å². The van der Waals surface area contributed by atoms with Crippen molar-refractivity contribution in [3.63, 3.8) is 0 Å². The van der Waals surface area contributed by atoms with Crippen molar-refractivity contribution in [1.82, 2.24) is 10.4 Å². The average molecular weight is 545 g/mol. The maximum absolute atomic E-state index is 12.4. The molecule has 0 spiro atoms. The second-order valence-corrected chi connectivity index (χ2v) is 8.52. The van der Waals surface area contributed by atoms with Gasteiger partial charge in [0.05, 0.1) is 11.1 Å². The van der Waals surface area contributed by atoms with Crippen LogP contribution in [0.3, 0.4) is 0 Å². The summed E-state index contributed by atoms with van der Waals surface area (Å²) in [5, 5.41) is 20.1. The summed E-state index contributed by atoms with van der Waals surface area (Å²) in [6.07, 6.45) is 2.97. The van der Waals surface area contributed by atoms with Crippen LogP contribution in [0.1, 0.15) is 21.6 Å². The van der Waals surface area contributed by atoms with Crippen LogP contribution in [0, 0.1) is 17.0 Å². The molecule has 39 heavy (non-hydrogen) atoms. The standard InChI is InChI=1S/C27H21ClN6O5/c1-17-2-4-18(5-3-17)16-30-33-26(35)24-15-22(12-13-29-24)39-21-9-6-19(7-10-21)31-27(36)32-20-8-11-23(28)25(14-20)34(37)38/h2-16H,1H3,(H,33,35)(H2,31,32,36). The monoisotopic (exact) mass is 544 g/mol. The molecule has 0 atom stereocenters. The van der Waals surface area contributed by atoms with Crippen LogP contribution in [0.4, 0.5) is 21.9 Å². The predicted molar refractivity (Wildman–Crippen MR) is 148 cm³/mol. The molecule has 4 rings (SSSR count). The number of nitrogens with one attached hydrogen (secondary N) is 3. The van der Waals surface area contributed by atoms with Crippen molar-refractivity contribution in [3.05, 3.63) is 117 Å². The number of rotatable bonds is 8. The first kappa shape index (κ1) is 26.8. The van der Waals surface area contributed by atoms with Crippen LogP contribution < -0.4 is 20.8 Å². The number of halogens is 1. The Morgan fingerprint density at radius 1 is 0.949 bits per heavy atom. The first-order chi connectivity index (χ1) is 18.8. The van der Waals surface area contributed by atoms with Crippen LogP contribution in [0.5, 0.6) is 11.5 Å². The summed E-state index contributed by atoms with van der Waals surface area (Å²) >= 11 is 5.79. The van der Waals surface area contributed by atoms with Gasteiger partial charge in [-0.2, -0.15) is 5.10 Å². The van der Waals surface area contributed by atoms with E-state index in [1.807, 2.05) is 31.2 Å². The fourth-order valence-electron chi connectivity index (χ4n) is 3.24. The van der Waals surface area contributed by atoms with Crippen molar-refractivity contribution in [3.8, 4) is 11.5 Å². The molecule has 0 radical (unpaired) electrons. The zero-order chi connectivity index (χ0) is 27.8. The summed E-state index contributed by atoms with van der Waals surface area (Å²) in [7, 11) is 0. The molecule has 3 amide bonds. The third-order valence-electron chi connectivity index (χ3n) is 5.17. The largest absolute Gasteiger partial charge is 0.457 e. The van der Waals surface area contributed by atoms with E-state index >= 15 is 0 Å². The average Bonchev–Trinajstić information content (AvgIpc) is 2.92. The number of anilines is 2. The molecule has 4 aromatic rings. The number of hydrogen-bond acceptors (Lipinski definition) is 7.